The van der Waals surface area contributed by atoms with Crippen LogP contribution in [0, 0.1) is 6.92 Å². The van der Waals surface area contributed by atoms with Gasteiger partial charge in [0.2, 0.25) is 0 Å². The van der Waals surface area contributed by atoms with Crippen molar-refractivity contribution in [2.24, 2.45) is 0 Å². The molecule has 1 N–H and O–H groups in total. The van der Waals surface area contributed by atoms with Gasteiger partial charge < -0.3 is 10.0 Å². The fraction of sp³-hybridized carbons (Fsp3) is 0.538. The Balaban J connectivity index is 2.25. The van der Waals surface area contributed by atoms with E-state index in [4.69, 9.17) is 0 Å². The molecule has 0 aromatic carbocycles. The van der Waals surface area contributed by atoms with Crippen LogP contribution in [0.5, 0.6) is 0 Å². The van der Waals surface area contributed by atoms with Crippen molar-refractivity contribution >= 4 is 12.1 Å². The third-order valence-corrected chi connectivity index (χ3v) is 3.18. The Kier molecular flexibility index (Phi) is 3.15. The molecule has 92 valence electrons. The summed E-state index contributed by atoms with van der Waals surface area (Å²) in [4.78, 5) is 17.1. The van der Waals surface area contributed by atoms with Gasteiger partial charge >= 0.3 is 0 Å². The average molecular weight is 234 g/mol. The summed E-state index contributed by atoms with van der Waals surface area (Å²) in [5.41, 5.74) is 0.928. The fourth-order valence-corrected chi connectivity index (χ4v) is 2.39. The number of aldehydes is 1. The van der Waals surface area contributed by atoms with E-state index in [1.807, 2.05) is 19.9 Å². The number of hydrogen-bond donors (Lipinski definition) is 1. The molecular weight excluding hydrogens is 216 g/mol. The van der Waals surface area contributed by atoms with Crippen molar-refractivity contribution in [1.29, 1.82) is 0 Å². The standard InChI is InChI=1S/C13H18N2O2/c1-10-6-11(8-16)7-14-12(10)15-5-3-4-13(2,17)9-15/h6-8,17H,3-5,9H2,1-2H3. The second kappa shape index (κ2) is 4.45. The molecule has 0 saturated carbocycles. The fourth-order valence-electron chi connectivity index (χ4n) is 2.39. The third-order valence-electron chi connectivity index (χ3n) is 3.18. The Labute approximate surface area is 101 Å². The molecule has 1 aromatic rings. The van der Waals surface area contributed by atoms with Crippen LogP contribution in [0.4, 0.5) is 5.82 Å². The van der Waals surface area contributed by atoms with E-state index < -0.39 is 5.60 Å². The monoisotopic (exact) mass is 234 g/mol. The zero-order valence-corrected chi connectivity index (χ0v) is 10.3. The lowest BCUT2D eigenvalue weighted by Gasteiger charge is -2.38. The largest absolute Gasteiger partial charge is 0.388 e. The number of aliphatic hydroxyl groups is 1. The van der Waals surface area contributed by atoms with Gasteiger partial charge in [-0.25, -0.2) is 4.98 Å². The smallest absolute Gasteiger partial charge is 0.151 e. The Bertz CT molecular complexity index is 429. The van der Waals surface area contributed by atoms with E-state index in [0.717, 1.165) is 37.1 Å². The van der Waals surface area contributed by atoms with E-state index in [9.17, 15) is 9.90 Å². The molecule has 2 heterocycles. The molecule has 0 aliphatic carbocycles. The van der Waals surface area contributed by atoms with Crippen LogP contribution in [0.1, 0.15) is 35.7 Å². The van der Waals surface area contributed by atoms with E-state index in [-0.39, 0.29) is 0 Å². The van der Waals surface area contributed by atoms with Crippen LogP contribution in [0.2, 0.25) is 0 Å². The number of rotatable bonds is 2. The number of piperidine rings is 1. The highest BCUT2D eigenvalue weighted by Crippen LogP contribution is 2.26. The summed E-state index contributed by atoms with van der Waals surface area (Å²) in [6.45, 7) is 5.30. The van der Waals surface area contributed by atoms with Gasteiger partial charge in [-0.2, -0.15) is 0 Å². The second-order valence-corrected chi connectivity index (χ2v) is 5.05. The number of anilines is 1. The molecule has 1 aromatic heterocycles. The molecule has 4 heteroatoms. The highest BCUT2D eigenvalue weighted by atomic mass is 16.3. The lowest BCUT2D eigenvalue weighted by Crippen LogP contribution is -2.46. The summed E-state index contributed by atoms with van der Waals surface area (Å²) in [5, 5.41) is 10.1. The first-order valence-electron chi connectivity index (χ1n) is 5.91. The SMILES string of the molecule is Cc1cc(C=O)cnc1N1CCCC(C)(O)C1. The first-order valence-corrected chi connectivity index (χ1v) is 5.91. The van der Waals surface area contributed by atoms with Crippen molar-refractivity contribution < 1.29 is 9.90 Å². The highest BCUT2D eigenvalue weighted by Gasteiger charge is 2.29. The van der Waals surface area contributed by atoms with Gasteiger partial charge in [0.05, 0.1) is 5.60 Å². The lowest BCUT2D eigenvalue weighted by molar-refractivity contribution is 0.0446. The summed E-state index contributed by atoms with van der Waals surface area (Å²) >= 11 is 0. The summed E-state index contributed by atoms with van der Waals surface area (Å²) in [5.74, 6) is 0.871. The van der Waals surface area contributed by atoms with Gasteiger partial charge in [-0.15, -0.1) is 0 Å². The van der Waals surface area contributed by atoms with Crippen LogP contribution < -0.4 is 4.90 Å². The molecule has 1 unspecified atom stereocenters. The number of aromatic nitrogens is 1. The summed E-state index contributed by atoms with van der Waals surface area (Å²) in [6.07, 6.45) is 4.17. The van der Waals surface area contributed by atoms with E-state index in [1.165, 1.54) is 0 Å². The number of pyridine rings is 1. The molecular formula is C13H18N2O2. The molecule has 1 aliphatic rings. The quantitative estimate of drug-likeness (QED) is 0.789. The Morgan fingerprint density at radius 1 is 1.59 bits per heavy atom. The van der Waals surface area contributed by atoms with Crippen molar-refractivity contribution in [1.82, 2.24) is 4.98 Å². The van der Waals surface area contributed by atoms with Crippen LogP contribution in [-0.4, -0.2) is 35.1 Å². The van der Waals surface area contributed by atoms with Crippen LogP contribution in [0.15, 0.2) is 12.3 Å². The number of β-amino-alcohol motifs (C(OH)–C–C–N with tert-alkyl or cyclic N) is 1. The maximum atomic E-state index is 10.7. The average Bonchev–Trinajstić information content (AvgIpc) is 2.27. The van der Waals surface area contributed by atoms with Gasteiger partial charge in [0.1, 0.15) is 5.82 Å². The highest BCUT2D eigenvalue weighted by molar-refractivity contribution is 5.75. The zero-order chi connectivity index (χ0) is 12.5. The van der Waals surface area contributed by atoms with Crippen molar-refractivity contribution in [3.05, 3.63) is 23.4 Å². The van der Waals surface area contributed by atoms with Crippen LogP contribution in [0.25, 0.3) is 0 Å². The van der Waals surface area contributed by atoms with Crippen molar-refractivity contribution in [3.63, 3.8) is 0 Å². The van der Waals surface area contributed by atoms with Gasteiger partial charge in [-0.3, -0.25) is 4.79 Å². The molecule has 2 rings (SSSR count). The van der Waals surface area contributed by atoms with Crippen LogP contribution in [-0.2, 0) is 0 Å². The molecule has 1 atom stereocenters. The molecule has 17 heavy (non-hydrogen) atoms. The summed E-state index contributed by atoms with van der Waals surface area (Å²) in [6, 6.07) is 1.83. The predicted molar refractivity (Wildman–Crippen MR) is 66.4 cm³/mol. The Morgan fingerprint density at radius 3 is 2.94 bits per heavy atom. The maximum absolute atomic E-state index is 10.7. The number of hydrogen-bond acceptors (Lipinski definition) is 4. The number of carbonyl (C=O) groups excluding carboxylic acids is 1. The van der Waals surface area contributed by atoms with E-state index >= 15 is 0 Å². The minimum Gasteiger partial charge on any atom is -0.388 e. The maximum Gasteiger partial charge on any atom is 0.151 e. The number of aryl methyl sites for hydroxylation is 1. The molecule has 1 saturated heterocycles. The van der Waals surface area contributed by atoms with E-state index in [1.54, 1.807) is 6.20 Å². The summed E-state index contributed by atoms with van der Waals surface area (Å²) in [7, 11) is 0. The van der Waals surface area contributed by atoms with Crippen molar-refractivity contribution in [3.8, 4) is 0 Å². The molecule has 4 nitrogen and oxygen atoms in total. The van der Waals surface area contributed by atoms with Crippen molar-refractivity contribution in [2.75, 3.05) is 18.0 Å². The second-order valence-electron chi connectivity index (χ2n) is 5.05. The first kappa shape index (κ1) is 12.0. The number of carbonyl (C=O) groups is 1. The Hall–Kier alpha value is -1.42. The van der Waals surface area contributed by atoms with Gasteiger partial charge in [-0.05, 0) is 38.3 Å². The molecule has 1 aliphatic heterocycles. The van der Waals surface area contributed by atoms with Gasteiger partial charge in [0.25, 0.3) is 0 Å². The van der Waals surface area contributed by atoms with E-state index in [0.29, 0.717) is 12.1 Å². The first-order chi connectivity index (χ1) is 8.02. The van der Waals surface area contributed by atoms with Gasteiger partial charge in [0, 0.05) is 24.8 Å². The van der Waals surface area contributed by atoms with Crippen LogP contribution >= 0.6 is 0 Å². The van der Waals surface area contributed by atoms with E-state index in [2.05, 4.69) is 9.88 Å². The molecule has 0 bridgehead atoms. The molecule has 0 spiro atoms. The molecule has 0 amide bonds. The summed E-state index contributed by atoms with van der Waals surface area (Å²) < 4.78 is 0. The zero-order valence-electron chi connectivity index (χ0n) is 10.3. The Morgan fingerprint density at radius 2 is 2.35 bits per heavy atom. The van der Waals surface area contributed by atoms with Crippen molar-refractivity contribution in [2.45, 2.75) is 32.3 Å². The predicted octanol–water partition coefficient (Wildman–Crippen LogP) is 1.55. The topological polar surface area (TPSA) is 53.4 Å². The normalized spacial score (nSPS) is 24.8. The number of nitrogens with zero attached hydrogens (tertiary/aromatic N) is 2. The lowest BCUT2D eigenvalue weighted by atomic mass is 9.95. The molecule has 0 radical (unpaired) electrons. The minimum atomic E-state index is -0.643. The van der Waals surface area contributed by atoms with Gasteiger partial charge in [0.15, 0.2) is 6.29 Å². The van der Waals surface area contributed by atoms with Crippen LogP contribution in [0.3, 0.4) is 0 Å². The molecule has 1 fully saturated rings. The third kappa shape index (κ3) is 2.64. The minimum absolute atomic E-state index is 0.593. The van der Waals surface area contributed by atoms with Gasteiger partial charge in [-0.1, -0.05) is 0 Å².